The van der Waals surface area contributed by atoms with Crippen molar-refractivity contribution >= 4 is 5.97 Å². The Morgan fingerprint density at radius 3 is 2.62 bits per heavy atom. The summed E-state index contributed by atoms with van der Waals surface area (Å²) in [7, 11) is 1.37. The number of hydrogen-bond acceptors (Lipinski definition) is 4. The van der Waals surface area contributed by atoms with E-state index in [2.05, 4.69) is 9.72 Å². The molecule has 0 fully saturated rings. The lowest BCUT2D eigenvalue weighted by Gasteiger charge is -2.21. The van der Waals surface area contributed by atoms with Gasteiger partial charge in [-0.25, -0.2) is 4.98 Å². The van der Waals surface area contributed by atoms with E-state index in [-0.39, 0.29) is 12.6 Å². The van der Waals surface area contributed by atoms with Gasteiger partial charge in [-0.15, -0.1) is 0 Å². The highest BCUT2D eigenvalue weighted by molar-refractivity contribution is 5.75. The lowest BCUT2D eigenvalue weighted by atomic mass is 9.95. The summed E-state index contributed by atoms with van der Waals surface area (Å²) in [6, 6.07) is 3.69. The van der Waals surface area contributed by atoms with Crippen molar-refractivity contribution in [3.05, 3.63) is 23.9 Å². The maximum Gasteiger partial charge on any atom is 0.314 e. The molecular formula is C12H17NO3. The van der Waals surface area contributed by atoms with Gasteiger partial charge in [0.2, 0.25) is 5.88 Å². The zero-order valence-corrected chi connectivity index (χ0v) is 10.1. The quantitative estimate of drug-likeness (QED) is 0.732. The molecule has 16 heavy (non-hydrogen) atoms. The largest absolute Gasteiger partial charge is 0.476 e. The van der Waals surface area contributed by atoms with Crippen LogP contribution in [0.4, 0.5) is 0 Å². The highest BCUT2D eigenvalue weighted by atomic mass is 16.5. The molecule has 0 aliphatic heterocycles. The number of rotatable bonds is 4. The molecule has 0 N–H and O–H groups in total. The molecule has 0 saturated carbocycles. The zero-order chi connectivity index (χ0) is 12.2. The van der Waals surface area contributed by atoms with E-state index in [1.165, 1.54) is 7.11 Å². The van der Waals surface area contributed by atoms with Crippen LogP contribution in [0.25, 0.3) is 0 Å². The fourth-order valence-corrected chi connectivity index (χ4v) is 1.13. The second-order valence-corrected chi connectivity index (χ2v) is 4.34. The van der Waals surface area contributed by atoms with Gasteiger partial charge in [0.05, 0.1) is 12.5 Å². The van der Waals surface area contributed by atoms with Gasteiger partial charge in [0.1, 0.15) is 6.61 Å². The van der Waals surface area contributed by atoms with E-state index in [0.29, 0.717) is 5.88 Å². The lowest BCUT2D eigenvalue weighted by molar-refractivity contribution is -0.152. The minimum absolute atomic E-state index is 0.246. The first-order valence-corrected chi connectivity index (χ1v) is 5.09. The van der Waals surface area contributed by atoms with Crippen LogP contribution in [-0.2, 0) is 9.53 Å². The Bertz CT molecular complexity index is 357. The minimum atomic E-state index is -0.665. The van der Waals surface area contributed by atoms with Gasteiger partial charge in [-0.2, -0.15) is 0 Å². The summed E-state index contributed by atoms with van der Waals surface area (Å²) in [4.78, 5) is 15.5. The lowest BCUT2D eigenvalue weighted by Crippen LogP contribution is -2.32. The van der Waals surface area contributed by atoms with E-state index in [0.717, 1.165) is 5.56 Å². The van der Waals surface area contributed by atoms with Crippen molar-refractivity contribution in [3.8, 4) is 5.88 Å². The number of hydrogen-bond donors (Lipinski definition) is 0. The second kappa shape index (κ2) is 4.96. The predicted octanol–water partition coefficient (Wildman–Crippen LogP) is 1.97. The molecule has 1 rings (SSSR count). The fraction of sp³-hybridized carbons (Fsp3) is 0.500. The van der Waals surface area contributed by atoms with Crippen LogP contribution in [0.5, 0.6) is 5.88 Å². The van der Waals surface area contributed by atoms with E-state index >= 15 is 0 Å². The molecule has 0 bridgehead atoms. The molecule has 1 aromatic rings. The van der Waals surface area contributed by atoms with Crippen LogP contribution >= 0.6 is 0 Å². The Morgan fingerprint density at radius 1 is 1.44 bits per heavy atom. The molecule has 0 aliphatic rings. The van der Waals surface area contributed by atoms with E-state index in [4.69, 9.17) is 4.74 Å². The van der Waals surface area contributed by atoms with Crippen molar-refractivity contribution < 1.29 is 14.3 Å². The van der Waals surface area contributed by atoms with E-state index in [1.54, 1.807) is 26.1 Å². The summed E-state index contributed by atoms with van der Waals surface area (Å²) in [6.07, 6.45) is 1.72. The third kappa shape index (κ3) is 3.22. The molecule has 0 amide bonds. The number of ether oxygens (including phenoxy) is 2. The van der Waals surface area contributed by atoms with Crippen molar-refractivity contribution in [2.45, 2.75) is 20.8 Å². The maximum absolute atomic E-state index is 11.4. The molecule has 4 heteroatoms. The molecule has 0 atom stereocenters. The first kappa shape index (κ1) is 12.5. The first-order valence-electron chi connectivity index (χ1n) is 5.09. The molecule has 88 valence electrons. The number of methoxy groups -OCH3 is 1. The SMILES string of the molecule is COC(=O)C(C)(C)COc1ccc(C)cn1. The first-order chi connectivity index (χ1) is 7.45. The zero-order valence-electron chi connectivity index (χ0n) is 10.1. The van der Waals surface area contributed by atoms with Gasteiger partial charge < -0.3 is 9.47 Å². The van der Waals surface area contributed by atoms with Crippen LogP contribution in [-0.4, -0.2) is 24.7 Å². The molecule has 0 aliphatic carbocycles. The summed E-state index contributed by atoms with van der Waals surface area (Å²) in [5, 5.41) is 0. The number of pyridine rings is 1. The summed E-state index contributed by atoms with van der Waals surface area (Å²) >= 11 is 0. The van der Waals surface area contributed by atoms with Gasteiger partial charge in [-0.1, -0.05) is 6.07 Å². The van der Waals surface area contributed by atoms with Crippen LogP contribution in [0.1, 0.15) is 19.4 Å². The van der Waals surface area contributed by atoms with E-state index in [1.807, 2.05) is 13.0 Å². The molecule has 0 saturated heterocycles. The monoisotopic (exact) mass is 223 g/mol. The van der Waals surface area contributed by atoms with Gasteiger partial charge in [-0.05, 0) is 26.3 Å². The summed E-state index contributed by atoms with van der Waals surface area (Å²) in [5.74, 6) is 0.224. The van der Waals surface area contributed by atoms with Crippen LogP contribution in [0.3, 0.4) is 0 Å². The average molecular weight is 223 g/mol. The van der Waals surface area contributed by atoms with E-state index in [9.17, 15) is 4.79 Å². The topological polar surface area (TPSA) is 48.4 Å². The molecular weight excluding hydrogens is 206 g/mol. The Kier molecular flexibility index (Phi) is 3.88. The smallest absolute Gasteiger partial charge is 0.314 e. The van der Waals surface area contributed by atoms with Gasteiger partial charge in [-0.3, -0.25) is 4.79 Å². The third-order valence-corrected chi connectivity index (χ3v) is 2.20. The molecule has 1 heterocycles. The number of nitrogens with zero attached hydrogens (tertiary/aromatic N) is 1. The molecule has 0 unspecified atom stereocenters. The summed E-state index contributed by atoms with van der Waals surface area (Å²) in [5.41, 5.74) is 0.404. The number of carbonyl (C=O) groups excluding carboxylic acids is 1. The van der Waals surface area contributed by atoms with Gasteiger partial charge >= 0.3 is 5.97 Å². The Balaban J connectivity index is 2.57. The van der Waals surface area contributed by atoms with Crippen molar-refractivity contribution in [2.75, 3.05) is 13.7 Å². The van der Waals surface area contributed by atoms with Crippen molar-refractivity contribution in [2.24, 2.45) is 5.41 Å². The maximum atomic E-state index is 11.4. The fourth-order valence-electron chi connectivity index (χ4n) is 1.13. The molecule has 0 spiro atoms. The van der Waals surface area contributed by atoms with Gasteiger partial charge in [0.25, 0.3) is 0 Å². The number of aromatic nitrogens is 1. The number of esters is 1. The third-order valence-electron chi connectivity index (χ3n) is 2.20. The number of aryl methyl sites for hydroxylation is 1. The van der Waals surface area contributed by atoms with Crippen LogP contribution < -0.4 is 4.74 Å². The molecule has 0 aromatic carbocycles. The Hall–Kier alpha value is -1.58. The van der Waals surface area contributed by atoms with E-state index < -0.39 is 5.41 Å². The standard InChI is InChI=1S/C12H17NO3/c1-9-5-6-10(13-7-9)16-8-12(2,3)11(14)15-4/h5-7H,8H2,1-4H3. The average Bonchev–Trinajstić information content (AvgIpc) is 2.27. The van der Waals surface area contributed by atoms with Crippen molar-refractivity contribution in [1.29, 1.82) is 0 Å². The Labute approximate surface area is 95.6 Å². The van der Waals surface area contributed by atoms with Gasteiger partial charge in [0.15, 0.2) is 0 Å². The van der Waals surface area contributed by atoms with Crippen LogP contribution in [0, 0.1) is 12.3 Å². The highest BCUT2D eigenvalue weighted by Gasteiger charge is 2.29. The van der Waals surface area contributed by atoms with Gasteiger partial charge in [0, 0.05) is 12.3 Å². The van der Waals surface area contributed by atoms with Crippen LogP contribution in [0.2, 0.25) is 0 Å². The predicted molar refractivity (Wildman–Crippen MR) is 60.3 cm³/mol. The Morgan fingerprint density at radius 2 is 2.12 bits per heavy atom. The molecule has 4 nitrogen and oxygen atoms in total. The highest BCUT2D eigenvalue weighted by Crippen LogP contribution is 2.19. The minimum Gasteiger partial charge on any atom is -0.476 e. The molecule has 0 radical (unpaired) electrons. The van der Waals surface area contributed by atoms with Crippen molar-refractivity contribution in [1.82, 2.24) is 4.98 Å². The normalized spacial score (nSPS) is 11.0. The van der Waals surface area contributed by atoms with Crippen molar-refractivity contribution in [3.63, 3.8) is 0 Å². The number of carbonyl (C=O) groups is 1. The molecule has 1 aromatic heterocycles. The second-order valence-electron chi connectivity index (χ2n) is 4.34. The van der Waals surface area contributed by atoms with Crippen LogP contribution in [0.15, 0.2) is 18.3 Å². The summed E-state index contributed by atoms with van der Waals surface area (Å²) < 4.78 is 10.1. The summed E-state index contributed by atoms with van der Waals surface area (Å²) in [6.45, 7) is 5.74.